The Hall–Kier alpha value is -4.39. The number of hydrogen-bond acceptors (Lipinski definition) is 6. The number of alkyl halides is 3. The normalized spacial score (nSPS) is 10.8. The van der Waals surface area contributed by atoms with Crippen LogP contribution in [0.15, 0.2) is 48.8 Å². The number of carbonyl (C=O) groups is 2. The average Bonchev–Trinajstić information content (AvgIpc) is 2.77. The highest BCUT2D eigenvalue weighted by molar-refractivity contribution is 5.92. The molecule has 1 amide bonds. The topological polar surface area (TPSA) is 115 Å². The van der Waals surface area contributed by atoms with Gasteiger partial charge < -0.3 is 15.6 Å². The smallest absolute Gasteiger partial charge is 0.417 e. The molecule has 0 aliphatic carbocycles. The number of halogens is 3. The van der Waals surface area contributed by atoms with Gasteiger partial charge in [-0.3, -0.25) is 4.79 Å². The molecular formula is C23H16F3N3O4. The molecule has 1 aromatic heterocycles. The summed E-state index contributed by atoms with van der Waals surface area (Å²) < 4.78 is 45.0. The highest BCUT2D eigenvalue weighted by Gasteiger charge is 2.33. The summed E-state index contributed by atoms with van der Waals surface area (Å²) in [5.74, 6) is 2.91. The van der Waals surface area contributed by atoms with Gasteiger partial charge in [0.05, 0.1) is 17.7 Å². The molecule has 0 aliphatic rings. The van der Waals surface area contributed by atoms with Gasteiger partial charge in [0.15, 0.2) is 0 Å². The Morgan fingerprint density at radius 3 is 2.30 bits per heavy atom. The van der Waals surface area contributed by atoms with Crippen LogP contribution >= 0.6 is 0 Å². The summed E-state index contributed by atoms with van der Waals surface area (Å²) in [5, 5.41) is 9.43. The van der Waals surface area contributed by atoms with Crippen LogP contribution in [0.2, 0.25) is 0 Å². The largest absolute Gasteiger partial charge is 0.508 e. The fourth-order valence-corrected chi connectivity index (χ4v) is 2.84. The number of nitrogens with zero attached hydrogens (tertiary/aromatic N) is 2. The Morgan fingerprint density at radius 2 is 1.70 bits per heavy atom. The van der Waals surface area contributed by atoms with Crippen molar-refractivity contribution < 1.29 is 32.6 Å². The number of aromatic nitrogens is 2. The Bertz CT molecular complexity index is 1280. The third-order valence-electron chi connectivity index (χ3n) is 4.35. The van der Waals surface area contributed by atoms with Crippen molar-refractivity contribution in [3.05, 3.63) is 76.9 Å². The molecule has 1 heterocycles. The molecule has 0 spiro atoms. The maximum Gasteiger partial charge on any atom is 0.417 e. The van der Waals surface area contributed by atoms with E-state index in [2.05, 4.69) is 21.8 Å². The molecule has 7 nitrogen and oxygen atoms in total. The van der Waals surface area contributed by atoms with Crippen molar-refractivity contribution in [1.29, 1.82) is 0 Å². The first-order chi connectivity index (χ1) is 15.6. The Morgan fingerprint density at radius 1 is 1.06 bits per heavy atom. The standard InChI is InChI=1S/C23H16F3N3O4/c1-2-33-22(32)15-6-4-13(18(9-15)16-11-28-21(20(27)31)29-12-16)3-5-14-7-8-17(30)10-19(14)23(24,25)26/h4,6-12,30H,2H2,1H3,(H2,27,31). The maximum absolute atomic E-state index is 13.3. The quantitative estimate of drug-likeness (QED) is 0.459. The van der Waals surface area contributed by atoms with Gasteiger partial charge in [-0.25, -0.2) is 14.8 Å². The van der Waals surface area contributed by atoms with Gasteiger partial charge in [-0.15, -0.1) is 0 Å². The lowest BCUT2D eigenvalue weighted by Gasteiger charge is -2.10. The molecule has 168 valence electrons. The number of phenols is 1. The van der Waals surface area contributed by atoms with Crippen molar-refractivity contribution >= 4 is 11.9 Å². The third-order valence-corrected chi connectivity index (χ3v) is 4.35. The van der Waals surface area contributed by atoms with Crippen LogP contribution in [0.3, 0.4) is 0 Å². The molecule has 0 unspecified atom stereocenters. The second kappa shape index (κ2) is 9.40. The number of primary amides is 1. The van der Waals surface area contributed by atoms with Gasteiger partial charge >= 0.3 is 12.1 Å². The van der Waals surface area contributed by atoms with Crippen molar-refractivity contribution in [3.63, 3.8) is 0 Å². The molecule has 0 saturated carbocycles. The van der Waals surface area contributed by atoms with E-state index >= 15 is 0 Å². The molecule has 3 rings (SSSR count). The van der Waals surface area contributed by atoms with Crippen LogP contribution in [-0.2, 0) is 10.9 Å². The zero-order valence-corrected chi connectivity index (χ0v) is 17.1. The molecule has 0 aliphatic heterocycles. The highest BCUT2D eigenvalue weighted by atomic mass is 19.4. The minimum atomic E-state index is -4.72. The Labute approximate surface area is 186 Å². The van der Waals surface area contributed by atoms with E-state index in [-0.39, 0.29) is 29.1 Å². The summed E-state index contributed by atoms with van der Waals surface area (Å²) in [6, 6.07) is 7.05. The Kier molecular flexibility index (Phi) is 6.63. The SMILES string of the molecule is CCOC(=O)c1ccc(C#Cc2ccc(O)cc2C(F)(F)F)c(-c2cnc(C(N)=O)nc2)c1. The second-order valence-electron chi connectivity index (χ2n) is 6.62. The van der Waals surface area contributed by atoms with E-state index in [9.17, 15) is 27.9 Å². The van der Waals surface area contributed by atoms with E-state index in [1.165, 1.54) is 30.6 Å². The number of phenolic OH excluding ortho intramolecular Hbond substituents is 1. The summed E-state index contributed by atoms with van der Waals surface area (Å²) in [6.07, 6.45) is -2.16. The fourth-order valence-electron chi connectivity index (χ4n) is 2.84. The van der Waals surface area contributed by atoms with Crippen molar-refractivity contribution in [1.82, 2.24) is 9.97 Å². The molecule has 0 radical (unpaired) electrons. The molecule has 10 heteroatoms. The second-order valence-corrected chi connectivity index (χ2v) is 6.62. The van der Waals surface area contributed by atoms with Crippen molar-refractivity contribution in [2.75, 3.05) is 6.61 Å². The molecule has 0 bridgehead atoms. The molecule has 0 saturated heterocycles. The molecule has 3 aromatic rings. The molecule has 2 aromatic carbocycles. The summed E-state index contributed by atoms with van der Waals surface area (Å²) in [7, 11) is 0. The van der Waals surface area contributed by atoms with Crippen LogP contribution in [0.4, 0.5) is 13.2 Å². The van der Waals surface area contributed by atoms with Crippen LogP contribution in [-0.4, -0.2) is 33.6 Å². The first kappa shape index (κ1) is 23.3. The van der Waals surface area contributed by atoms with E-state index in [1.807, 2.05) is 0 Å². The number of aromatic hydroxyl groups is 1. The number of amides is 1. The predicted molar refractivity (Wildman–Crippen MR) is 111 cm³/mol. The minimum absolute atomic E-state index is 0.146. The number of benzene rings is 2. The van der Waals surface area contributed by atoms with Crippen molar-refractivity contribution in [3.8, 4) is 28.7 Å². The van der Waals surface area contributed by atoms with Gasteiger partial charge in [0.25, 0.3) is 5.91 Å². The lowest BCUT2D eigenvalue weighted by Crippen LogP contribution is -2.14. The van der Waals surface area contributed by atoms with E-state index in [0.29, 0.717) is 17.2 Å². The first-order valence-electron chi connectivity index (χ1n) is 9.45. The van der Waals surface area contributed by atoms with Crippen LogP contribution in [0.5, 0.6) is 5.75 Å². The molecule has 33 heavy (non-hydrogen) atoms. The summed E-state index contributed by atoms with van der Waals surface area (Å²) in [5.41, 5.74) is 4.83. The number of esters is 1. The van der Waals surface area contributed by atoms with Gasteiger partial charge in [-0.1, -0.05) is 11.8 Å². The van der Waals surface area contributed by atoms with Crippen molar-refractivity contribution in [2.45, 2.75) is 13.1 Å². The van der Waals surface area contributed by atoms with E-state index in [1.54, 1.807) is 6.92 Å². The zero-order chi connectivity index (χ0) is 24.2. The van der Waals surface area contributed by atoms with Crippen LogP contribution in [0.1, 0.15) is 44.6 Å². The molecule has 0 fully saturated rings. The van der Waals surface area contributed by atoms with Gasteiger partial charge in [-0.05, 0) is 43.3 Å². The van der Waals surface area contributed by atoms with Gasteiger partial charge in [0.2, 0.25) is 5.82 Å². The number of rotatable bonds is 4. The summed E-state index contributed by atoms with van der Waals surface area (Å²) in [6.45, 7) is 1.79. The lowest BCUT2D eigenvalue weighted by molar-refractivity contribution is -0.137. The van der Waals surface area contributed by atoms with Crippen LogP contribution in [0.25, 0.3) is 11.1 Å². The average molecular weight is 455 g/mol. The number of ether oxygens (including phenoxy) is 1. The molecule has 3 N–H and O–H groups in total. The highest BCUT2D eigenvalue weighted by Crippen LogP contribution is 2.34. The van der Waals surface area contributed by atoms with E-state index in [4.69, 9.17) is 10.5 Å². The minimum Gasteiger partial charge on any atom is -0.508 e. The predicted octanol–water partition coefficient (Wildman–Crippen LogP) is 3.54. The number of carbonyl (C=O) groups excluding carboxylic acids is 2. The zero-order valence-electron chi connectivity index (χ0n) is 17.1. The third kappa shape index (κ3) is 5.46. The summed E-state index contributed by atoms with van der Waals surface area (Å²) >= 11 is 0. The molecule has 0 atom stereocenters. The van der Waals surface area contributed by atoms with Crippen LogP contribution in [0, 0.1) is 11.8 Å². The summed E-state index contributed by atoms with van der Waals surface area (Å²) in [4.78, 5) is 31.1. The Balaban J connectivity index is 2.14. The van der Waals surface area contributed by atoms with Gasteiger partial charge in [0.1, 0.15) is 5.75 Å². The number of hydrogen-bond donors (Lipinski definition) is 2. The van der Waals surface area contributed by atoms with E-state index in [0.717, 1.165) is 12.1 Å². The maximum atomic E-state index is 13.3. The van der Waals surface area contributed by atoms with Crippen LogP contribution < -0.4 is 5.73 Å². The van der Waals surface area contributed by atoms with Gasteiger partial charge in [-0.2, -0.15) is 13.2 Å². The van der Waals surface area contributed by atoms with Crippen molar-refractivity contribution in [2.24, 2.45) is 5.73 Å². The molecular weight excluding hydrogens is 439 g/mol. The van der Waals surface area contributed by atoms with Gasteiger partial charge in [0, 0.05) is 34.6 Å². The van der Waals surface area contributed by atoms with E-state index < -0.39 is 29.4 Å². The first-order valence-corrected chi connectivity index (χ1v) is 9.45. The monoisotopic (exact) mass is 455 g/mol. The lowest BCUT2D eigenvalue weighted by atomic mass is 9.98. The number of nitrogens with two attached hydrogens (primary N) is 1. The fraction of sp³-hybridized carbons (Fsp3) is 0.130.